The van der Waals surface area contributed by atoms with E-state index in [0.29, 0.717) is 13.2 Å². The van der Waals surface area contributed by atoms with Gasteiger partial charge in [-0.1, -0.05) is 86.0 Å². The number of ether oxygens (including phenoxy) is 2. The van der Waals surface area contributed by atoms with Crippen LogP contribution >= 0.6 is 0 Å². The van der Waals surface area contributed by atoms with Crippen molar-refractivity contribution in [2.24, 2.45) is 0 Å². The summed E-state index contributed by atoms with van der Waals surface area (Å²) in [7, 11) is 0. The molecular formula is C32H34O4. The third kappa shape index (κ3) is 8.38. The van der Waals surface area contributed by atoms with Crippen molar-refractivity contribution >= 4 is 11.9 Å². The highest BCUT2D eigenvalue weighted by Crippen LogP contribution is 2.28. The van der Waals surface area contributed by atoms with Crippen LogP contribution in [0, 0.1) is 0 Å². The molecule has 0 atom stereocenters. The monoisotopic (exact) mass is 482 g/mol. The van der Waals surface area contributed by atoms with Gasteiger partial charge in [-0.3, -0.25) is 0 Å². The van der Waals surface area contributed by atoms with Crippen LogP contribution in [-0.2, 0) is 31.9 Å². The number of benzene rings is 3. The molecule has 36 heavy (non-hydrogen) atoms. The van der Waals surface area contributed by atoms with E-state index in [4.69, 9.17) is 9.47 Å². The maximum atomic E-state index is 11.2. The molecule has 0 unspecified atom stereocenters. The van der Waals surface area contributed by atoms with Gasteiger partial charge in [-0.15, -0.1) is 0 Å². The van der Waals surface area contributed by atoms with Gasteiger partial charge in [0.05, 0.1) is 13.2 Å². The van der Waals surface area contributed by atoms with Crippen LogP contribution in [0.2, 0.25) is 0 Å². The first-order valence-electron chi connectivity index (χ1n) is 12.5. The average molecular weight is 483 g/mol. The van der Waals surface area contributed by atoms with E-state index in [9.17, 15) is 9.59 Å². The highest BCUT2D eigenvalue weighted by Gasteiger charge is 2.07. The maximum Gasteiger partial charge on any atom is 0.330 e. The van der Waals surface area contributed by atoms with E-state index in [1.165, 1.54) is 45.5 Å². The topological polar surface area (TPSA) is 52.6 Å². The molecule has 186 valence electrons. The van der Waals surface area contributed by atoms with Crippen molar-refractivity contribution in [2.75, 3.05) is 13.2 Å². The fraction of sp³-hybridized carbons (Fsp3) is 0.250. The third-order valence-electron chi connectivity index (χ3n) is 6.02. The molecule has 0 N–H and O–H groups in total. The molecule has 0 aliphatic heterocycles. The summed E-state index contributed by atoms with van der Waals surface area (Å²) >= 11 is 0. The summed E-state index contributed by atoms with van der Waals surface area (Å²) < 4.78 is 10.1. The molecule has 4 heteroatoms. The van der Waals surface area contributed by atoms with Crippen molar-refractivity contribution in [3.63, 3.8) is 0 Å². The second-order valence-electron chi connectivity index (χ2n) is 8.59. The number of carbonyl (C=O) groups excluding carboxylic acids is 2. The van der Waals surface area contributed by atoms with Gasteiger partial charge in [0.15, 0.2) is 0 Å². The second kappa shape index (κ2) is 14.5. The number of hydrogen-bond acceptors (Lipinski definition) is 4. The summed E-state index contributed by atoms with van der Waals surface area (Å²) in [5.41, 5.74) is 7.30. The molecule has 0 radical (unpaired) electrons. The molecule has 3 aromatic carbocycles. The zero-order valence-electron chi connectivity index (χ0n) is 20.8. The predicted molar refractivity (Wildman–Crippen MR) is 146 cm³/mol. The molecule has 0 spiro atoms. The molecule has 0 fully saturated rings. The molecule has 0 heterocycles. The van der Waals surface area contributed by atoms with Crippen molar-refractivity contribution in [3.8, 4) is 22.3 Å². The highest BCUT2D eigenvalue weighted by molar-refractivity contribution is 5.81. The van der Waals surface area contributed by atoms with Gasteiger partial charge in [-0.25, -0.2) is 9.59 Å². The Kier molecular flexibility index (Phi) is 10.7. The number of hydrogen-bond donors (Lipinski definition) is 0. The van der Waals surface area contributed by atoms with E-state index in [1.807, 2.05) is 6.07 Å². The van der Waals surface area contributed by atoms with Crippen LogP contribution in [0.3, 0.4) is 0 Å². The minimum Gasteiger partial charge on any atom is -0.463 e. The number of carbonyl (C=O) groups is 2. The van der Waals surface area contributed by atoms with Crippen LogP contribution in [0.4, 0.5) is 0 Å². The first-order valence-corrected chi connectivity index (χ1v) is 12.5. The molecule has 0 saturated heterocycles. The fourth-order valence-electron chi connectivity index (χ4n) is 4.06. The Labute approximate surface area is 214 Å². The van der Waals surface area contributed by atoms with Crippen molar-refractivity contribution in [2.45, 2.75) is 38.5 Å². The summed E-state index contributed by atoms with van der Waals surface area (Å²) in [5, 5.41) is 0. The Morgan fingerprint density at radius 2 is 1.17 bits per heavy atom. The normalized spacial score (nSPS) is 10.4. The Morgan fingerprint density at radius 1 is 0.611 bits per heavy atom. The van der Waals surface area contributed by atoms with Crippen LogP contribution in [0.1, 0.15) is 36.8 Å². The van der Waals surface area contributed by atoms with E-state index in [1.54, 1.807) is 0 Å². The van der Waals surface area contributed by atoms with Crippen molar-refractivity contribution in [1.82, 2.24) is 0 Å². The molecule has 0 aromatic heterocycles. The van der Waals surface area contributed by atoms with Gasteiger partial charge >= 0.3 is 11.9 Å². The van der Waals surface area contributed by atoms with E-state index in [-0.39, 0.29) is 11.9 Å². The van der Waals surface area contributed by atoms with Gasteiger partial charge in [0.1, 0.15) is 0 Å². The van der Waals surface area contributed by atoms with Crippen LogP contribution in [-0.4, -0.2) is 25.2 Å². The summed E-state index contributed by atoms with van der Waals surface area (Å²) in [6.45, 7) is 7.66. The van der Waals surface area contributed by atoms with Gasteiger partial charge in [0, 0.05) is 12.2 Å². The van der Waals surface area contributed by atoms with Crippen molar-refractivity contribution in [1.29, 1.82) is 0 Å². The molecule has 0 aliphatic rings. The number of unbranched alkanes of at least 4 members (excludes halogenated alkanes) is 2. The van der Waals surface area contributed by atoms with Gasteiger partial charge in [0.2, 0.25) is 0 Å². The summed E-state index contributed by atoms with van der Waals surface area (Å²) in [6.07, 6.45) is 7.97. The number of aryl methyl sites for hydroxylation is 2. The van der Waals surface area contributed by atoms with E-state index < -0.39 is 0 Å². The Balaban J connectivity index is 1.53. The smallest absolute Gasteiger partial charge is 0.330 e. The SMILES string of the molecule is C=CC(=O)OCCCCCc1ccc(-c2ccc(-c3ccccc3CCCOC(=O)C=C)cc2)cc1. The largest absolute Gasteiger partial charge is 0.463 e. The Bertz CT molecular complexity index is 1140. The maximum absolute atomic E-state index is 11.2. The van der Waals surface area contributed by atoms with Crippen molar-refractivity contribution < 1.29 is 19.1 Å². The lowest BCUT2D eigenvalue weighted by Gasteiger charge is -2.11. The number of rotatable bonds is 14. The summed E-state index contributed by atoms with van der Waals surface area (Å²) in [4.78, 5) is 22.3. The molecule has 0 amide bonds. The first kappa shape index (κ1) is 26.7. The van der Waals surface area contributed by atoms with Gasteiger partial charge in [-0.05, 0) is 71.9 Å². The average Bonchev–Trinajstić information content (AvgIpc) is 2.93. The van der Waals surface area contributed by atoms with Gasteiger partial charge in [0.25, 0.3) is 0 Å². The molecule has 3 aromatic rings. The molecule has 0 saturated carbocycles. The third-order valence-corrected chi connectivity index (χ3v) is 6.02. The lowest BCUT2D eigenvalue weighted by molar-refractivity contribution is -0.138. The summed E-state index contributed by atoms with van der Waals surface area (Å²) in [6, 6.07) is 25.8. The van der Waals surface area contributed by atoms with Crippen LogP contribution < -0.4 is 0 Å². The molecular weight excluding hydrogens is 448 g/mol. The Morgan fingerprint density at radius 3 is 1.81 bits per heavy atom. The molecule has 0 bridgehead atoms. The fourth-order valence-corrected chi connectivity index (χ4v) is 4.06. The standard InChI is InChI=1S/C32H34O4/c1-3-31(33)35-23-9-5-6-11-25-15-17-26(18-16-25)27-19-21-29(22-20-27)30-14-8-7-12-28(30)13-10-24-36-32(34)4-2/h3-4,7-8,12,14-22H,1-2,5-6,9-11,13,23-24H2. The second-order valence-corrected chi connectivity index (χ2v) is 8.59. The highest BCUT2D eigenvalue weighted by atomic mass is 16.5. The molecule has 4 nitrogen and oxygen atoms in total. The van der Waals surface area contributed by atoms with Crippen LogP contribution in [0.15, 0.2) is 98.1 Å². The van der Waals surface area contributed by atoms with Crippen LogP contribution in [0.25, 0.3) is 22.3 Å². The first-order chi connectivity index (χ1) is 17.6. The lowest BCUT2D eigenvalue weighted by Crippen LogP contribution is -2.03. The van der Waals surface area contributed by atoms with Crippen LogP contribution in [0.5, 0.6) is 0 Å². The van der Waals surface area contributed by atoms with E-state index in [0.717, 1.165) is 38.5 Å². The zero-order valence-corrected chi connectivity index (χ0v) is 20.8. The van der Waals surface area contributed by atoms with Gasteiger partial charge < -0.3 is 9.47 Å². The minimum atomic E-state index is -0.379. The zero-order chi connectivity index (χ0) is 25.6. The molecule has 0 aliphatic carbocycles. The lowest BCUT2D eigenvalue weighted by atomic mass is 9.94. The minimum absolute atomic E-state index is 0.355. The quantitative estimate of drug-likeness (QED) is 0.139. The van der Waals surface area contributed by atoms with E-state index >= 15 is 0 Å². The Hall–Kier alpha value is -3.92. The summed E-state index contributed by atoms with van der Waals surface area (Å²) in [5.74, 6) is -0.734. The predicted octanol–water partition coefficient (Wildman–Crippen LogP) is 7.12. The van der Waals surface area contributed by atoms with E-state index in [2.05, 4.69) is 79.9 Å². The number of esters is 2. The van der Waals surface area contributed by atoms with Crippen molar-refractivity contribution in [3.05, 3.63) is 109 Å². The van der Waals surface area contributed by atoms with Gasteiger partial charge in [-0.2, -0.15) is 0 Å². The molecule has 3 rings (SSSR count).